The van der Waals surface area contributed by atoms with Crippen molar-refractivity contribution in [2.45, 2.75) is 109 Å². The normalized spacial score (nSPS) is 39.0. The first-order chi connectivity index (χ1) is 14.4. The molecule has 31 heavy (non-hydrogen) atoms. The van der Waals surface area contributed by atoms with E-state index in [4.69, 9.17) is 0 Å². The molecule has 3 rings (SSSR count). The number of hydrogen-bond acceptors (Lipinski definition) is 4. The molecule has 4 heteroatoms. The van der Waals surface area contributed by atoms with Crippen LogP contribution in [0, 0.1) is 23.2 Å². The molecule has 3 aliphatic carbocycles. The highest BCUT2D eigenvalue weighted by Crippen LogP contribution is 2.60. The quantitative estimate of drug-likeness (QED) is 0.491. The van der Waals surface area contributed by atoms with Crippen molar-refractivity contribution >= 4 is 0 Å². The van der Waals surface area contributed by atoms with Gasteiger partial charge in [-0.05, 0) is 99.5 Å². The third-order valence-electron chi connectivity index (χ3n) is 8.70. The molecule has 7 atom stereocenters. The molecule has 0 spiro atoms. The van der Waals surface area contributed by atoms with Crippen LogP contribution in [0.3, 0.4) is 0 Å². The zero-order valence-corrected chi connectivity index (χ0v) is 20.0. The molecular weight excluding hydrogens is 388 g/mol. The molecule has 0 aromatic carbocycles. The lowest BCUT2D eigenvalue weighted by Crippen LogP contribution is -2.38. The fraction of sp³-hybridized carbons (Fsp3) is 0.778. The van der Waals surface area contributed by atoms with E-state index in [0.717, 1.165) is 24.0 Å². The molecule has 4 N–H and O–H groups in total. The van der Waals surface area contributed by atoms with Crippen LogP contribution in [0.5, 0.6) is 0 Å². The average Bonchev–Trinajstić information content (AvgIpc) is 3.04. The summed E-state index contributed by atoms with van der Waals surface area (Å²) in [5.74, 6) is 1.74. The first kappa shape index (κ1) is 24.7. The van der Waals surface area contributed by atoms with Gasteiger partial charge in [-0.15, -0.1) is 0 Å². The van der Waals surface area contributed by atoms with Gasteiger partial charge in [0.2, 0.25) is 0 Å². The van der Waals surface area contributed by atoms with Gasteiger partial charge in [0, 0.05) is 6.42 Å². The monoisotopic (exact) mass is 432 g/mol. The maximum Gasteiger partial charge on any atom is 0.0849 e. The molecule has 0 aromatic rings. The number of fused-ring (bicyclic) bond motifs is 1. The van der Waals surface area contributed by atoms with Crippen molar-refractivity contribution in [3.8, 4) is 0 Å². The lowest BCUT2D eigenvalue weighted by Gasteiger charge is -2.44. The van der Waals surface area contributed by atoms with Gasteiger partial charge in [0.15, 0.2) is 0 Å². The summed E-state index contributed by atoms with van der Waals surface area (Å²) >= 11 is 0. The summed E-state index contributed by atoms with van der Waals surface area (Å²) in [6.45, 7) is 12.2. The van der Waals surface area contributed by atoms with Crippen molar-refractivity contribution in [2.24, 2.45) is 23.2 Å². The number of rotatable bonds is 6. The topological polar surface area (TPSA) is 80.9 Å². The zero-order valence-electron chi connectivity index (χ0n) is 20.0. The predicted octanol–water partition coefficient (Wildman–Crippen LogP) is 4.68. The molecule has 176 valence electrons. The van der Waals surface area contributed by atoms with Crippen LogP contribution in [-0.2, 0) is 0 Å². The Morgan fingerprint density at radius 1 is 1.19 bits per heavy atom. The molecule has 0 radical (unpaired) electrons. The second-order valence-corrected chi connectivity index (χ2v) is 11.4. The fourth-order valence-electron chi connectivity index (χ4n) is 6.65. The Balaban J connectivity index is 1.71. The maximum absolute atomic E-state index is 10.3. The van der Waals surface area contributed by atoms with E-state index in [2.05, 4.69) is 32.6 Å². The minimum Gasteiger partial charge on any atom is -0.393 e. The molecule has 4 nitrogen and oxygen atoms in total. The smallest absolute Gasteiger partial charge is 0.0849 e. The van der Waals surface area contributed by atoms with E-state index in [-0.39, 0.29) is 5.41 Å². The lowest BCUT2D eigenvalue weighted by molar-refractivity contribution is -0.0554. The minimum atomic E-state index is -1.04. The molecule has 3 aliphatic rings. The van der Waals surface area contributed by atoms with Crippen molar-refractivity contribution in [3.63, 3.8) is 0 Å². The SMILES string of the molecule is C=C1/C(=C\C=C2CCC[C@]3(C)[C@@H]([C@H](C)CC[C@@H](O)C(C)(C)O)CC[C@@H]23)C[C@@H](O)C[C@H]1O. The Morgan fingerprint density at radius 3 is 2.58 bits per heavy atom. The van der Waals surface area contributed by atoms with Crippen LogP contribution in [0.4, 0.5) is 0 Å². The lowest BCUT2D eigenvalue weighted by atomic mass is 9.60. The van der Waals surface area contributed by atoms with Crippen LogP contribution in [0.1, 0.15) is 85.5 Å². The van der Waals surface area contributed by atoms with Crippen molar-refractivity contribution in [2.75, 3.05) is 0 Å². The Labute approximate surface area is 188 Å². The summed E-state index contributed by atoms with van der Waals surface area (Å²) in [5.41, 5.74) is 2.48. The van der Waals surface area contributed by atoms with E-state index >= 15 is 0 Å². The second-order valence-electron chi connectivity index (χ2n) is 11.4. The number of aliphatic hydroxyl groups is 4. The molecule has 0 aliphatic heterocycles. The molecule has 3 saturated carbocycles. The summed E-state index contributed by atoms with van der Waals surface area (Å²) in [6, 6.07) is 0. The molecular formula is C27H44O4. The first-order valence-corrected chi connectivity index (χ1v) is 12.3. The van der Waals surface area contributed by atoms with E-state index in [0.29, 0.717) is 37.0 Å². The third kappa shape index (κ3) is 5.35. The Kier molecular flexibility index (Phi) is 7.57. The van der Waals surface area contributed by atoms with Gasteiger partial charge in [0.1, 0.15) is 0 Å². The highest BCUT2D eigenvalue weighted by Gasteiger charge is 2.50. The molecule has 0 heterocycles. The fourth-order valence-corrected chi connectivity index (χ4v) is 6.65. The van der Waals surface area contributed by atoms with Crippen LogP contribution >= 0.6 is 0 Å². The van der Waals surface area contributed by atoms with E-state index in [1.165, 1.54) is 31.3 Å². The molecule has 0 amide bonds. The molecule has 0 aromatic heterocycles. The van der Waals surface area contributed by atoms with Crippen LogP contribution in [-0.4, -0.2) is 44.3 Å². The van der Waals surface area contributed by atoms with Crippen molar-refractivity contribution in [1.82, 2.24) is 0 Å². The number of hydrogen-bond donors (Lipinski definition) is 4. The first-order valence-electron chi connectivity index (χ1n) is 12.3. The number of allylic oxidation sites excluding steroid dienone is 3. The molecule has 0 unspecified atom stereocenters. The predicted molar refractivity (Wildman–Crippen MR) is 125 cm³/mol. The van der Waals surface area contributed by atoms with Crippen molar-refractivity contribution in [3.05, 3.63) is 35.5 Å². The molecule has 0 saturated heterocycles. The second kappa shape index (κ2) is 9.51. The average molecular weight is 433 g/mol. The molecule has 3 fully saturated rings. The van der Waals surface area contributed by atoms with Gasteiger partial charge in [-0.2, -0.15) is 0 Å². The van der Waals surface area contributed by atoms with Gasteiger partial charge in [0.05, 0.1) is 23.9 Å². The number of aliphatic hydroxyl groups excluding tert-OH is 3. The van der Waals surface area contributed by atoms with E-state index in [9.17, 15) is 20.4 Å². The molecule has 0 bridgehead atoms. The van der Waals surface area contributed by atoms with Crippen LogP contribution in [0.2, 0.25) is 0 Å². The maximum atomic E-state index is 10.3. The van der Waals surface area contributed by atoms with Gasteiger partial charge >= 0.3 is 0 Å². The summed E-state index contributed by atoms with van der Waals surface area (Å²) in [6.07, 6.45) is 11.1. The van der Waals surface area contributed by atoms with Gasteiger partial charge in [-0.3, -0.25) is 0 Å². The zero-order chi connectivity index (χ0) is 23.0. The van der Waals surface area contributed by atoms with Crippen molar-refractivity contribution in [1.29, 1.82) is 0 Å². The summed E-state index contributed by atoms with van der Waals surface area (Å²) in [4.78, 5) is 0. The summed E-state index contributed by atoms with van der Waals surface area (Å²) < 4.78 is 0. The van der Waals surface area contributed by atoms with E-state index in [1.54, 1.807) is 13.8 Å². The standard InChI is InChI=1S/C27H44O4/c1-17(8-13-25(30)26(3,4)31)22-11-12-23-19(7-6-14-27(22,23)5)9-10-20-15-21(28)16-24(29)18(20)2/h9-10,17,21-25,28-31H,2,6-8,11-16H2,1,3-5H3/b19-9?,20-10-/t17-,21-,22-,23+,24-,25-,27-/m1/s1. The summed E-state index contributed by atoms with van der Waals surface area (Å²) in [7, 11) is 0. The van der Waals surface area contributed by atoms with Crippen LogP contribution in [0.15, 0.2) is 35.5 Å². The minimum absolute atomic E-state index is 0.282. The van der Waals surface area contributed by atoms with Gasteiger partial charge in [-0.1, -0.05) is 38.2 Å². The Morgan fingerprint density at radius 2 is 1.90 bits per heavy atom. The highest BCUT2D eigenvalue weighted by atomic mass is 16.3. The van der Waals surface area contributed by atoms with E-state index in [1.807, 2.05) is 0 Å². The van der Waals surface area contributed by atoms with E-state index < -0.39 is 23.9 Å². The summed E-state index contributed by atoms with van der Waals surface area (Å²) in [5, 5.41) is 40.5. The Hall–Kier alpha value is -0.940. The third-order valence-corrected chi connectivity index (χ3v) is 8.70. The largest absolute Gasteiger partial charge is 0.393 e. The van der Waals surface area contributed by atoms with Crippen LogP contribution in [0.25, 0.3) is 0 Å². The van der Waals surface area contributed by atoms with Gasteiger partial charge in [0.25, 0.3) is 0 Å². The van der Waals surface area contributed by atoms with Gasteiger partial charge in [-0.25, -0.2) is 0 Å². The van der Waals surface area contributed by atoms with Crippen LogP contribution < -0.4 is 0 Å². The van der Waals surface area contributed by atoms with Gasteiger partial charge < -0.3 is 20.4 Å². The Bertz CT molecular complexity index is 715. The highest BCUT2D eigenvalue weighted by molar-refractivity contribution is 5.38. The van der Waals surface area contributed by atoms with Crippen molar-refractivity contribution < 1.29 is 20.4 Å².